The number of ether oxygens (including phenoxy) is 1. The topological polar surface area (TPSA) is 122 Å². The van der Waals surface area contributed by atoms with Crippen molar-refractivity contribution in [2.75, 3.05) is 23.4 Å². The summed E-state index contributed by atoms with van der Waals surface area (Å²) in [6.07, 6.45) is 0.539. The van der Waals surface area contributed by atoms with E-state index in [0.717, 1.165) is 15.4 Å². The van der Waals surface area contributed by atoms with Crippen molar-refractivity contribution in [3.63, 3.8) is 0 Å². The fraction of sp³-hybridized carbons (Fsp3) is 0.556. The number of carbonyl (C=O) groups is 3. The van der Waals surface area contributed by atoms with Crippen LogP contribution in [-0.2, 0) is 24.2 Å². The first kappa shape index (κ1) is 21.4. The van der Waals surface area contributed by atoms with Gasteiger partial charge < -0.3 is 10.1 Å². The summed E-state index contributed by atoms with van der Waals surface area (Å²) < 4.78 is 28.5. The third-order valence-electron chi connectivity index (χ3n) is 4.97. The Morgan fingerprint density at radius 1 is 1.31 bits per heavy atom. The van der Waals surface area contributed by atoms with Crippen LogP contribution in [0, 0.1) is 13.8 Å². The van der Waals surface area contributed by atoms with Gasteiger partial charge in [-0.1, -0.05) is 0 Å². The summed E-state index contributed by atoms with van der Waals surface area (Å²) in [5, 5.41) is 8.39. The Balaban J connectivity index is 1.82. The van der Waals surface area contributed by atoms with E-state index < -0.39 is 27.8 Å². The zero-order valence-corrected chi connectivity index (χ0v) is 18.1. The summed E-state index contributed by atoms with van der Waals surface area (Å²) in [7, 11) is -3.19. The van der Waals surface area contributed by atoms with E-state index in [2.05, 4.69) is 10.4 Å². The molecule has 1 saturated heterocycles. The van der Waals surface area contributed by atoms with E-state index in [4.69, 9.17) is 4.74 Å². The van der Waals surface area contributed by atoms with Crippen molar-refractivity contribution >= 4 is 49.7 Å². The quantitative estimate of drug-likeness (QED) is 0.693. The highest BCUT2D eigenvalue weighted by molar-refractivity contribution is 7.91. The van der Waals surface area contributed by atoms with Crippen LogP contribution in [0.4, 0.5) is 5.00 Å². The Morgan fingerprint density at radius 3 is 2.66 bits per heavy atom. The molecule has 29 heavy (non-hydrogen) atoms. The molecule has 1 N–H and O–H groups in total. The minimum absolute atomic E-state index is 0.00907. The van der Waals surface area contributed by atoms with Gasteiger partial charge in [0.1, 0.15) is 10.7 Å². The molecule has 2 amide bonds. The molecule has 0 unspecified atom stereocenters. The Hall–Kier alpha value is -2.27. The van der Waals surface area contributed by atoms with Gasteiger partial charge in [-0.3, -0.25) is 9.59 Å². The highest BCUT2D eigenvalue weighted by Gasteiger charge is 2.37. The molecule has 2 aliphatic heterocycles. The van der Waals surface area contributed by atoms with Crippen molar-refractivity contribution in [3.8, 4) is 0 Å². The Bertz CT molecular complexity index is 995. The summed E-state index contributed by atoms with van der Waals surface area (Å²) in [4.78, 5) is 38.1. The zero-order valence-electron chi connectivity index (χ0n) is 16.5. The van der Waals surface area contributed by atoms with Gasteiger partial charge in [0, 0.05) is 17.7 Å². The molecule has 0 bridgehead atoms. The van der Waals surface area contributed by atoms with Crippen LogP contribution >= 0.6 is 11.3 Å². The highest BCUT2D eigenvalue weighted by atomic mass is 32.2. The molecule has 0 aliphatic carbocycles. The van der Waals surface area contributed by atoms with Crippen LogP contribution in [-0.4, -0.2) is 61.1 Å². The first-order valence-corrected chi connectivity index (χ1v) is 11.9. The highest BCUT2D eigenvalue weighted by Crippen LogP contribution is 2.33. The molecular formula is C18H23N3O6S2. The fourth-order valence-corrected chi connectivity index (χ4v) is 6.06. The zero-order chi connectivity index (χ0) is 21.3. The minimum atomic E-state index is -3.19. The van der Waals surface area contributed by atoms with E-state index in [-0.39, 0.29) is 42.6 Å². The van der Waals surface area contributed by atoms with Crippen molar-refractivity contribution in [2.24, 2.45) is 5.10 Å². The number of nitrogens with one attached hydrogen (secondary N) is 1. The van der Waals surface area contributed by atoms with Gasteiger partial charge >= 0.3 is 5.97 Å². The van der Waals surface area contributed by atoms with E-state index in [1.54, 1.807) is 13.8 Å². The van der Waals surface area contributed by atoms with Crippen molar-refractivity contribution in [3.05, 3.63) is 16.0 Å². The average Bonchev–Trinajstić information content (AvgIpc) is 3.14. The van der Waals surface area contributed by atoms with Crippen LogP contribution in [0.25, 0.3) is 0 Å². The average molecular weight is 442 g/mol. The molecule has 1 aromatic rings. The van der Waals surface area contributed by atoms with E-state index in [9.17, 15) is 22.8 Å². The Kier molecular flexibility index (Phi) is 6.08. The monoisotopic (exact) mass is 441 g/mol. The molecule has 1 atom stereocenters. The molecule has 1 aromatic heterocycles. The number of thiophene rings is 1. The van der Waals surface area contributed by atoms with Crippen LogP contribution in [0.15, 0.2) is 5.10 Å². The lowest BCUT2D eigenvalue weighted by molar-refractivity contribution is -0.133. The number of hydrazone groups is 1. The normalized spacial score (nSPS) is 21.1. The lowest BCUT2D eigenvalue weighted by atomic mass is 10.1. The van der Waals surface area contributed by atoms with Crippen LogP contribution < -0.4 is 5.32 Å². The molecule has 1 fully saturated rings. The first-order valence-electron chi connectivity index (χ1n) is 9.31. The number of nitrogens with zero attached hydrogens (tertiary/aromatic N) is 2. The molecule has 0 radical (unpaired) electrons. The van der Waals surface area contributed by atoms with Crippen molar-refractivity contribution in [1.82, 2.24) is 5.01 Å². The number of hydrogen-bond donors (Lipinski definition) is 1. The van der Waals surface area contributed by atoms with Gasteiger partial charge in [-0.25, -0.2) is 18.2 Å². The Morgan fingerprint density at radius 2 is 2.03 bits per heavy atom. The first-order chi connectivity index (χ1) is 13.6. The third-order valence-corrected chi connectivity index (χ3v) is 7.84. The maximum Gasteiger partial charge on any atom is 0.341 e. The van der Waals surface area contributed by atoms with Gasteiger partial charge in [-0.05, 0) is 32.8 Å². The largest absolute Gasteiger partial charge is 0.462 e. The van der Waals surface area contributed by atoms with Crippen LogP contribution in [0.1, 0.15) is 47.0 Å². The molecule has 0 aromatic carbocycles. The molecule has 3 rings (SSSR count). The predicted octanol–water partition coefficient (Wildman–Crippen LogP) is 1.65. The minimum Gasteiger partial charge on any atom is -0.462 e. The molecule has 9 nitrogen and oxygen atoms in total. The molecule has 0 saturated carbocycles. The number of hydrogen-bond acceptors (Lipinski definition) is 8. The lowest BCUT2D eigenvalue weighted by Crippen LogP contribution is -2.42. The second-order valence-electron chi connectivity index (χ2n) is 7.00. The summed E-state index contributed by atoms with van der Waals surface area (Å²) in [6, 6.07) is -0.545. The molecule has 0 spiro atoms. The van der Waals surface area contributed by atoms with Gasteiger partial charge in [0.2, 0.25) is 5.91 Å². The Labute approximate surface area is 173 Å². The molecule has 11 heteroatoms. The van der Waals surface area contributed by atoms with Crippen molar-refractivity contribution in [1.29, 1.82) is 0 Å². The number of esters is 1. The molecule has 158 valence electrons. The van der Waals surface area contributed by atoms with Gasteiger partial charge in [-0.15, -0.1) is 11.3 Å². The summed E-state index contributed by atoms with van der Waals surface area (Å²) in [5.41, 5.74) is 1.18. The number of sulfone groups is 1. The second kappa shape index (κ2) is 8.23. The van der Waals surface area contributed by atoms with E-state index in [1.165, 1.54) is 11.3 Å². The number of aryl methyl sites for hydroxylation is 1. The van der Waals surface area contributed by atoms with Crippen LogP contribution in [0.2, 0.25) is 0 Å². The number of rotatable bonds is 5. The number of amides is 2. The smallest absolute Gasteiger partial charge is 0.341 e. The van der Waals surface area contributed by atoms with Gasteiger partial charge in [0.05, 0.1) is 29.7 Å². The van der Waals surface area contributed by atoms with E-state index in [0.29, 0.717) is 17.0 Å². The van der Waals surface area contributed by atoms with E-state index >= 15 is 0 Å². The second-order valence-corrected chi connectivity index (χ2v) is 10.5. The van der Waals surface area contributed by atoms with Crippen molar-refractivity contribution < 1.29 is 27.5 Å². The predicted molar refractivity (Wildman–Crippen MR) is 109 cm³/mol. The standard InChI is InChI=1S/C18H23N3O6S2/c1-4-27-18(24)15-10(2)11(3)28-17(15)19-16(23)13-5-6-14(22)21(20-13)12-7-8-29(25,26)9-12/h12H,4-9H2,1-3H3,(H,19,23)/t12-/m1/s1. The maximum atomic E-state index is 12.8. The lowest BCUT2D eigenvalue weighted by Gasteiger charge is -2.27. The summed E-state index contributed by atoms with van der Waals surface area (Å²) >= 11 is 1.27. The van der Waals surface area contributed by atoms with Gasteiger partial charge in [0.15, 0.2) is 9.84 Å². The van der Waals surface area contributed by atoms with Gasteiger partial charge in [0.25, 0.3) is 5.91 Å². The molecule has 3 heterocycles. The summed E-state index contributed by atoms with van der Waals surface area (Å²) in [5.74, 6) is -1.46. The third kappa shape index (κ3) is 4.50. The molecular weight excluding hydrogens is 418 g/mol. The van der Waals surface area contributed by atoms with Crippen molar-refractivity contribution in [2.45, 2.75) is 46.1 Å². The summed E-state index contributed by atoms with van der Waals surface area (Å²) in [6.45, 7) is 5.55. The van der Waals surface area contributed by atoms with Crippen LogP contribution in [0.5, 0.6) is 0 Å². The number of anilines is 1. The SMILES string of the molecule is CCOC(=O)c1c(NC(=O)C2=NN([C@@H]3CCS(=O)(=O)C3)C(=O)CC2)sc(C)c1C. The van der Waals surface area contributed by atoms with Gasteiger partial charge in [-0.2, -0.15) is 5.10 Å². The van der Waals surface area contributed by atoms with Crippen LogP contribution in [0.3, 0.4) is 0 Å². The fourth-order valence-electron chi connectivity index (χ4n) is 3.33. The number of carbonyl (C=O) groups excluding carboxylic acids is 3. The van der Waals surface area contributed by atoms with E-state index in [1.807, 2.05) is 6.92 Å². The molecule has 2 aliphatic rings. The maximum absolute atomic E-state index is 12.8.